The van der Waals surface area contributed by atoms with Crippen molar-refractivity contribution in [1.82, 2.24) is 9.88 Å². The van der Waals surface area contributed by atoms with Crippen LogP contribution in [0.5, 0.6) is 0 Å². The van der Waals surface area contributed by atoms with E-state index in [1.54, 1.807) is 11.3 Å². The predicted molar refractivity (Wildman–Crippen MR) is 122 cm³/mol. The summed E-state index contributed by atoms with van der Waals surface area (Å²) in [5, 5.41) is 0.873. The van der Waals surface area contributed by atoms with Crippen molar-refractivity contribution < 1.29 is 9.53 Å². The van der Waals surface area contributed by atoms with Crippen LogP contribution in [0.3, 0.4) is 0 Å². The van der Waals surface area contributed by atoms with Crippen molar-refractivity contribution in [3.8, 4) is 0 Å². The van der Waals surface area contributed by atoms with Crippen LogP contribution < -0.4 is 4.90 Å². The lowest BCUT2D eigenvalue weighted by Gasteiger charge is -2.30. The number of halogens is 1. The number of benzene rings is 1. The molecular weight excluding hydrogens is 406 g/mol. The molecular formula is C22H32ClN3O2S. The van der Waals surface area contributed by atoms with Gasteiger partial charge in [-0.05, 0) is 43.9 Å². The molecule has 0 atom stereocenters. The van der Waals surface area contributed by atoms with Gasteiger partial charge in [-0.15, -0.1) is 12.4 Å². The Morgan fingerprint density at radius 1 is 1.24 bits per heavy atom. The van der Waals surface area contributed by atoms with Crippen LogP contribution in [0.4, 0.5) is 5.13 Å². The number of anilines is 1. The van der Waals surface area contributed by atoms with Crippen LogP contribution in [0.15, 0.2) is 18.2 Å². The highest BCUT2D eigenvalue weighted by Gasteiger charge is 2.28. The summed E-state index contributed by atoms with van der Waals surface area (Å²) in [7, 11) is 0. The first kappa shape index (κ1) is 22.5. The zero-order valence-electron chi connectivity index (χ0n) is 17.3. The second-order valence-corrected chi connectivity index (χ2v) is 9.11. The Morgan fingerprint density at radius 3 is 2.76 bits per heavy atom. The monoisotopic (exact) mass is 437 g/mol. The first-order chi connectivity index (χ1) is 13.7. The predicted octanol–water partition coefficient (Wildman–Crippen LogP) is 4.66. The quantitative estimate of drug-likeness (QED) is 0.659. The number of rotatable bonds is 6. The summed E-state index contributed by atoms with van der Waals surface area (Å²) in [5.74, 6) is 0.461. The molecule has 2 heterocycles. The van der Waals surface area contributed by atoms with Gasteiger partial charge in [-0.2, -0.15) is 0 Å². The molecule has 29 heavy (non-hydrogen) atoms. The Kier molecular flexibility index (Phi) is 8.30. The maximum absolute atomic E-state index is 13.4. The van der Waals surface area contributed by atoms with Gasteiger partial charge in [-0.3, -0.25) is 14.6 Å². The van der Waals surface area contributed by atoms with Crippen LogP contribution in [0.25, 0.3) is 10.2 Å². The number of carbonyl (C=O) groups excluding carboxylic acids is 1. The standard InChI is InChI=1S/C22H31N3O2S.ClH/c1-17-8-9-19-20(16-17)28-22(23-19)25(21(26)18-6-3-2-4-7-18)11-5-10-24-12-14-27-15-13-24;/h8-9,16,18H,2-7,10-15H2,1H3;1H. The molecule has 2 fully saturated rings. The molecule has 1 aliphatic heterocycles. The molecule has 2 aromatic rings. The highest BCUT2D eigenvalue weighted by Crippen LogP contribution is 2.33. The van der Waals surface area contributed by atoms with Crippen LogP contribution in [-0.2, 0) is 9.53 Å². The molecule has 1 saturated heterocycles. The summed E-state index contributed by atoms with van der Waals surface area (Å²) in [5.41, 5.74) is 2.24. The number of thiazole rings is 1. The average Bonchev–Trinajstić information content (AvgIpc) is 3.15. The van der Waals surface area contributed by atoms with Crippen molar-refractivity contribution >= 4 is 45.0 Å². The van der Waals surface area contributed by atoms with Gasteiger partial charge in [-0.25, -0.2) is 4.98 Å². The van der Waals surface area contributed by atoms with Gasteiger partial charge in [0, 0.05) is 32.1 Å². The topological polar surface area (TPSA) is 45.7 Å². The van der Waals surface area contributed by atoms with Crippen molar-refractivity contribution in [2.24, 2.45) is 5.92 Å². The maximum atomic E-state index is 13.4. The minimum Gasteiger partial charge on any atom is -0.379 e. The zero-order chi connectivity index (χ0) is 19.3. The van der Waals surface area contributed by atoms with E-state index in [9.17, 15) is 4.79 Å². The van der Waals surface area contributed by atoms with E-state index in [2.05, 4.69) is 30.0 Å². The third kappa shape index (κ3) is 5.69. The van der Waals surface area contributed by atoms with Crippen molar-refractivity contribution in [3.63, 3.8) is 0 Å². The van der Waals surface area contributed by atoms with Gasteiger partial charge >= 0.3 is 0 Å². The van der Waals surface area contributed by atoms with Crippen molar-refractivity contribution in [1.29, 1.82) is 0 Å². The molecule has 2 aliphatic rings. The number of hydrogen-bond acceptors (Lipinski definition) is 5. The second-order valence-electron chi connectivity index (χ2n) is 8.10. The van der Waals surface area contributed by atoms with E-state index < -0.39 is 0 Å². The van der Waals surface area contributed by atoms with Gasteiger partial charge in [0.1, 0.15) is 0 Å². The minimum atomic E-state index is 0. The molecule has 0 unspecified atom stereocenters. The van der Waals surface area contributed by atoms with E-state index in [1.807, 2.05) is 4.90 Å². The van der Waals surface area contributed by atoms with Gasteiger partial charge in [0.25, 0.3) is 0 Å². The van der Waals surface area contributed by atoms with Gasteiger partial charge in [0.15, 0.2) is 5.13 Å². The highest BCUT2D eigenvalue weighted by molar-refractivity contribution is 7.22. The summed E-state index contributed by atoms with van der Waals surface area (Å²) in [6.07, 6.45) is 6.66. The van der Waals surface area contributed by atoms with Crippen LogP contribution in [0.1, 0.15) is 44.1 Å². The summed E-state index contributed by atoms with van der Waals surface area (Å²) in [6.45, 7) is 7.51. The molecule has 7 heteroatoms. The Hall–Kier alpha value is -1.21. The number of hydrogen-bond donors (Lipinski definition) is 0. The number of nitrogens with zero attached hydrogens (tertiary/aromatic N) is 3. The number of aryl methyl sites for hydroxylation is 1. The largest absolute Gasteiger partial charge is 0.379 e. The zero-order valence-corrected chi connectivity index (χ0v) is 18.9. The maximum Gasteiger partial charge on any atom is 0.231 e. The van der Waals surface area contributed by atoms with Crippen LogP contribution >= 0.6 is 23.7 Å². The van der Waals surface area contributed by atoms with Gasteiger partial charge in [0.2, 0.25) is 5.91 Å². The molecule has 1 aromatic carbocycles. The van der Waals surface area contributed by atoms with Crippen LogP contribution in [0.2, 0.25) is 0 Å². The molecule has 0 N–H and O–H groups in total. The molecule has 1 amide bonds. The van der Waals surface area contributed by atoms with E-state index >= 15 is 0 Å². The molecule has 0 spiro atoms. The highest BCUT2D eigenvalue weighted by atomic mass is 35.5. The molecule has 0 radical (unpaired) electrons. The van der Waals surface area contributed by atoms with Crippen LogP contribution in [-0.4, -0.2) is 55.2 Å². The van der Waals surface area contributed by atoms with Crippen molar-refractivity contribution in [2.75, 3.05) is 44.3 Å². The molecule has 5 nitrogen and oxygen atoms in total. The normalized spacial score (nSPS) is 18.5. The number of carbonyl (C=O) groups is 1. The number of aromatic nitrogens is 1. The minimum absolute atomic E-state index is 0. The van der Waals surface area contributed by atoms with Gasteiger partial charge in [-0.1, -0.05) is 36.7 Å². The number of fused-ring (bicyclic) bond motifs is 1. The SMILES string of the molecule is Cc1ccc2nc(N(CCCN3CCOCC3)C(=O)C3CCCCC3)sc2c1.Cl. The average molecular weight is 438 g/mol. The molecule has 0 bridgehead atoms. The summed E-state index contributed by atoms with van der Waals surface area (Å²) >= 11 is 1.66. The van der Waals surface area contributed by atoms with Crippen molar-refractivity contribution in [2.45, 2.75) is 45.4 Å². The third-order valence-corrected chi connectivity index (χ3v) is 6.98. The lowest BCUT2D eigenvalue weighted by molar-refractivity contribution is -0.123. The Labute approximate surface area is 183 Å². The molecule has 1 aromatic heterocycles. The van der Waals surface area contributed by atoms with E-state index in [4.69, 9.17) is 9.72 Å². The number of amides is 1. The van der Waals surface area contributed by atoms with E-state index in [1.165, 1.54) is 29.5 Å². The van der Waals surface area contributed by atoms with Crippen molar-refractivity contribution in [3.05, 3.63) is 23.8 Å². The summed E-state index contributed by atoms with van der Waals surface area (Å²) in [6, 6.07) is 6.34. The molecule has 1 aliphatic carbocycles. The molecule has 160 valence electrons. The molecule has 4 rings (SSSR count). The first-order valence-corrected chi connectivity index (χ1v) is 11.5. The smallest absolute Gasteiger partial charge is 0.231 e. The second kappa shape index (κ2) is 10.7. The van der Waals surface area contributed by atoms with E-state index in [0.29, 0.717) is 0 Å². The molecule has 1 saturated carbocycles. The van der Waals surface area contributed by atoms with Gasteiger partial charge < -0.3 is 4.74 Å². The summed E-state index contributed by atoms with van der Waals surface area (Å²) in [4.78, 5) is 22.6. The van der Waals surface area contributed by atoms with Crippen LogP contribution in [0, 0.1) is 12.8 Å². The fourth-order valence-corrected chi connectivity index (χ4v) is 5.38. The lowest BCUT2D eigenvalue weighted by atomic mass is 9.88. The van der Waals surface area contributed by atoms with E-state index in [0.717, 1.165) is 69.3 Å². The number of ether oxygens (including phenoxy) is 1. The fourth-order valence-electron chi connectivity index (χ4n) is 4.28. The Morgan fingerprint density at radius 2 is 2.00 bits per heavy atom. The fraction of sp³-hybridized carbons (Fsp3) is 0.636. The van der Waals surface area contributed by atoms with E-state index in [-0.39, 0.29) is 24.2 Å². The summed E-state index contributed by atoms with van der Waals surface area (Å²) < 4.78 is 6.61. The lowest BCUT2D eigenvalue weighted by Crippen LogP contribution is -2.41. The Bertz CT molecular complexity index is 800. The third-order valence-electron chi connectivity index (χ3n) is 5.94. The van der Waals surface area contributed by atoms with Gasteiger partial charge in [0.05, 0.1) is 23.4 Å². The Balaban J connectivity index is 0.00000240. The number of morpholine rings is 1. The first-order valence-electron chi connectivity index (χ1n) is 10.7.